The molecule has 1 saturated heterocycles. The van der Waals surface area contributed by atoms with E-state index in [2.05, 4.69) is 83.8 Å². The highest BCUT2D eigenvalue weighted by atomic mass is 15.2. The predicted octanol–water partition coefficient (Wildman–Crippen LogP) is 7.63. The number of likely N-dealkylation sites (tertiary alicyclic amines) is 1. The molecule has 1 aliphatic heterocycles. The Bertz CT molecular complexity index is 1240. The number of hydrogen-bond donors (Lipinski definition) is 0. The summed E-state index contributed by atoms with van der Waals surface area (Å²) in [5, 5.41) is 9.40. The summed E-state index contributed by atoms with van der Waals surface area (Å²) < 4.78 is 0. The first kappa shape index (κ1) is 22.3. The maximum Gasteiger partial charge on any atom is 0.0991 e. The molecular weight excluding hydrogens is 436 g/mol. The van der Waals surface area contributed by atoms with Gasteiger partial charge in [-0.25, -0.2) is 0 Å². The van der Waals surface area contributed by atoms with Crippen LogP contribution in [0.5, 0.6) is 0 Å². The minimum atomic E-state index is 0.184. The smallest absolute Gasteiger partial charge is 0.0991 e. The van der Waals surface area contributed by atoms with Crippen molar-refractivity contribution in [1.29, 1.82) is 5.26 Å². The fourth-order valence-corrected chi connectivity index (χ4v) is 9.26. The molecule has 1 heterocycles. The summed E-state index contributed by atoms with van der Waals surface area (Å²) in [6, 6.07) is 34.3. The molecule has 8 rings (SSSR count). The Labute approximate surface area is 216 Å². The van der Waals surface area contributed by atoms with Crippen molar-refractivity contribution in [2.45, 2.75) is 62.3 Å². The van der Waals surface area contributed by atoms with Gasteiger partial charge in [0, 0.05) is 24.5 Å². The highest BCUT2D eigenvalue weighted by molar-refractivity contribution is 5.49. The van der Waals surface area contributed by atoms with Gasteiger partial charge >= 0.3 is 0 Å². The van der Waals surface area contributed by atoms with Gasteiger partial charge in [-0.15, -0.1) is 0 Å². The van der Waals surface area contributed by atoms with Crippen molar-refractivity contribution in [3.05, 3.63) is 107 Å². The van der Waals surface area contributed by atoms with E-state index in [0.717, 1.165) is 11.5 Å². The van der Waals surface area contributed by atoms with Gasteiger partial charge in [-0.2, -0.15) is 5.26 Å². The van der Waals surface area contributed by atoms with Crippen molar-refractivity contribution in [2.24, 2.45) is 17.3 Å². The molecule has 36 heavy (non-hydrogen) atoms. The molecule has 3 aromatic carbocycles. The molecule has 1 unspecified atom stereocenters. The van der Waals surface area contributed by atoms with E-state index in [0.29, 0.717) is 23.3 Å². The van der Waals surface area contributed by atoms with E-state index >= 15 is 0 Å². The fourth-order valence-electron chi connectivity index (χ4n) is 9.26. The molecular formula is C34H36N2. The molecule has 2 nitrogen and oxygen atoms in total. The van der Waals surface area contributed by atoms with E-state index in [-0.39, 0.29) is 5.41 Å². The second-order valence-corrected chi connectivity index (χ2v) is 12.2. The van der Waals surface area contributed by atoms with Crippen molar-refractivity contribution < 1.29 is 0 Å². The monoisotopic (exact) mass is 472 g/mol. The lowest BCUT2D eigenvalue weighted by atomic mass is 9.52. The standard InChI is InChI=1S/C34H36N2/c35-20-25-16-18-29(19-17-25)33-23-34(24-33)30(31(33)27-12-6-2-7-13-27)22-36(21-26-10-4-1-5-11-26)32(34)28-14-8-3-9-15-28/h2-3,6-9,12-19,26,30-32H,1,4-5,10-11,21-24H2/t30-,31?,32-,33?,34?/m1/s1. The van der Waals surface area contributed by atoms with Crippen LogP contribution < -0.4 is 0 Å². The van der Waals surface area contributed by atoms with E-state index < -0.39 is 0 Å². The Kier molecular flexibility index (Phi) is 5.33. The predicted molar refractivity (Wildman–Crippen MR) is 145 cm³/mol. The largest absolute Gasteiger partial charge is 0.295 e. The lowest BCUT2D eigenvalue weighted by Crippen LogP contribution is -2.48. The topological polar surface area (TPSA) is 27.0 Å². The minimum absolute atomic E-state index is 0.184. The summed E-state index contributed by atoms with van der Waals surface area (Å²) >= 11 is 0. The van der Waals surface area contributed by atoms with Crippen LogP contribution in [0.4, 0.5) is 0 Å². The summed E-state index contributed by atoms with van der Waals surface area (Å²) in [7, 11) is 0. The summed E-state index contributed by atoms with van der Waals surface area (Å²) in [6.07, 6.45) is 9.59. The number of nitrogens with zero attached hydrogens (tertiary/aromatic N) is 2. The van der Waals surface area contributed by atoms with Gasteiger partial charge in [0.1, 0.15) is 0 Å². The van der Waals surface area contributed by atoms with Crippen LogP contribution in [0, 0.1) is 28.6 Å². The average Bonchev–Trinajstić information content (AvgIpc) is 3.48. The first-order valence-corrected chi connectivity index (χ1v) is 14.1. The van der Waals surface area contributed by atoms with Gasteiger partial charge in [0.25, 0.3) is 0 Å². The third-order valence-electron chi connectivity index (χ3n) is 10.4. The van der Waals surface area contributed by atoms with E-state index in [1.54, 1.807) is 0 Å². The lowest BCUT2D eigenvalue weighted by Gasteiger charge is -2.53. The maximum absolute atomic E-state index is 9.40. The quantitative estimate of drug-likeness (QED) is 0.382. The Morgan fingerprint density at radius 1 is 0.778 bits per heavy atom. The second kappa shape index (κ2) is 8.60. The van der Waals surface area contributed by atoms with Gasteiger partial charge in [-0.1, -0.05) is 92.1 Å². The second-order valence-electron chi connectivity index (χ2n) is 12.2. The van der Waals surface area contributed by atoms with E-state index in [1.165, 1.54) is 74.7 Å². The summed E-state index contributed by atoms with van der Waals surface area (Å²) in [6.45, 7) is 2.48. The highest BCUT2D eigenvalue weighted by Crippen LogP contribution is 2.82. The van der Waals surface area contributed by atoms with Gasteiger partial charge in [0.15, 0.2) is 0 Å². The van der Waals surface area contributed by atoms with Gasteiger partial charge in [-0.05, 0) is 77.7 Å². The van der Waals surface area contributed by atoms with Crippen LogP contribution in [-0.2, 0) is 5.41 Å². The van der Waals surface area contributed by atoms with Gasteiger partial charge in [0.05, 0.1) is 11.6 Å². The number of nitriles is 1. The molecule has 3 atom stereocenters. The van der Waals surface area contributed by atoms with Crippen molar-refractivity contribution in [3.63, 3.8) is 0 Å². The zero-order valence-corrected chi connectivity index (χ0v) is 21.2. The molecule has 0 radical (unpaired) electrons. The molecule has 182 valence electrons. The van der Waals surface area contributed by atoms with Crippen LogP contribution >= 0.6 is 0 Å². The molecule has 0 N–H and O–H groups in total. The third-order valence-corrected chi connectivity index (χ3v) is 10.4. The van der Waals surface area contributed by atoms with E-state index in [9.17, 15) is 5.26 Å². The molecule has 5 aliphatic rings. The van der Waals surface area contributed by atoms with E-state index in [4.69, 9.17) is 0 Å². The first-order chi connectivity index (χ1) is 17.7. The number of hydrogen-bond acceptors (Lipinski definition) is 2. The number of rotatable bonds is 5. The van der Waals surface area contributed by atoms with Crippen molar-refractivity contribution in [1.82, 2.24) is 4.90 Å². The third kappa shape index (κ3) is 3.25. The summed E-state index contributed by atoms with van der Waals surface area (Å²) in [4.78, 5) is 2.92. The molecule has 4 aliphatic carbocycles. The summed E-state index contributed by atoms with van der Waals surface area (Å²) in [5.74, 6) is 2.07. The SMILES string of the molecule is N#Cc1ccc(C23CC4(C2)[C@H](CN(CC2CCCCC2)[C@@H]4c2ccccc2)C3c2ccccc2)cc1. The Balaban J connectivity index is 1.31. The average molecular weight is 473 g/mol. The molecule has 5 fully saturated rings. The van der Waals surface area contributed by atoms with Gasteiger partial charge in [0.2, 0.25) is 0 Å². The Hall–Kier alpha value is -2.89. The summed E-state index contributed by atoms with van der Waals surface area (Å²) in [5.41, 5.74) is 5.77. The lowest BCUT2D eigenvalue weighted by molar-refractivity contribution is 0.0254. The molecule has 0 aromatic heterocycles. The number of benzene rings is 3. The molecule has 1 spiro atoms. The van der Waals surface area contributed by atoms with Gasteiger partial charge in [-0.3, -0.25) is 4.90 Å². The molecule has 2 heteroatoms. The van der Waals surface area contributed by atoms with Crippen LogP contribution in [0.25, 0.3) is 0 Å². The molecule has 0 amide bonds. The van der Waals surface area contributed by atoms with Crippen LogP contribution in [0.1, 0.15) is 79.2 Å². The Morgan fingerprint density at radius 3 is 2.06 bits per heavy atom. The van der Waals surface area contributed by atoms with Crippen LogP contribution in [0.2, 0.25) is 0 Å². The maximum atomic E-state index is 9.40. The normalized spacial score (nSPS) is 33.6. The zero-order valence-electron chi connectivity index (χ0n) is 21.2. The molecule has 2 bridgehead atoms. The Morgan fingerprint density at radius 2 is 1.42 bits per heavy atom. The molecule has 4 saturated carbocycles. The highest BCUT2D eigenvalue weighted by Gasteiger charge is 2.77. The van der Waals surface area contributed by atoms with Crippen LogP contribution in [0.3, 0.4) is 0 Å². The van der Waals surface area contributed by atoms with Crippen LogP contribution in [-0.4, -0.2) is 18.0 Å². The van der Waals surface area contributed by atoms with Gasteiger partial charge < -0.3 is 0 Å². The minimum Gasteiger partial charge on any atom is -0.295 e. The van der Waals surface area contributed by atoms with Crippen molar-refractivity contribution in [3.8, 4) is 6.07 Å². The fraction of sp³-hybridized carbons (Fsp3) is 0.441. The first-order valence-electron chi connectivity index (χ1n) is 14.1. The van der Waals surface area contributed by atoms with Crippen LogP contribution in [0.15, 0.2) is 84.9 Å². The zero-order chi connectivity index (χ0) is 24.2. The van der Waals surface area contributed by atoms with Crippen molar-refractivity contribution >= 4 is 0 Å². The van der Waals surface area contributed by atoms with Crippen molar-refractivity contribution in [2.75, 3.05) is 13.1 Å². The molecule has 3 aromatic rings. The van der Waals surface area contributed by atoms with E-state index in [1.807, 2.05) is 12.1 Å².